The molecule has 8 heteroatoms. The maximum atomic E-state index is 13.4. The first-order valence-corrected chi connectivity index (χ1v) is 12.3. The molecule has 1 heterocycles. The number of phenolic OH excluding ortho intramolecular Hbond substituents is 1. The van der Waals surface area contributed by atoms with E-state index in [-0.39, 0.29) is 31.2 Å². The standard InChI is InChI=1S/C22H26NO5PS/c1-5-27-29(26,28-6-2)14-23-18-9-7-8-10-19(18)30-20(22(23)25)13-17-11-15(3)21(24)16(4)12-17/h7-13,24H,5-6,14H2,1-4H3. The van der Waals surface area contributed by atoms with Gasteiger partial charge in [0.1, 0.15) is 12.0 Å². The molecular weight excluding hydrogens is 421 g/mol. The van der Waals surface area contributed by atoms with Gasteiger partial charge in [-0.2, -0.15) is 0 Å². The molecule has 30 heavy (non-hydrogen) atoms. The van der Waals surface area contributed by atoms with E-state index in [9.17, 15) is 14.5 Å². The van der Waals surface area contributed by atoms with Crippen LogP contribution in [0.1, 0.15) is 30.5 Å². The molecule has 0 atom stereocenters. The molecule has 3 rings (SSSR count). The third kappa shape index (κ3) is 4.81. The van der Waals surface area contributed by atoms with Crippen molar-refractivity contribution in [1.29, 1.82) is 0 Å². The number of hydrogen-bond acceptors (Lipinski definition) is 6. The minimum atomic E-state index is -3.48. The fourth-order valence-electron chi connectivity index (χ4n) is 3.31. The molecule has 2 aromatic rings. The number of fused-ring (bicyclic) bond motifs is 1. The Hall–Kier alpha value is -2.05. The SMILES string of the molecule is CCOP(=O)(CN1C(=O)C(=Cc2cc(C)c(O)c(C)c2)Sc2ccccc21)OCC. The van der Waals surface area contributed by atoms with Crippen molar-refractivity contribution in [3.05, 3.63) is 58.0 Å². The second-order valence-corrected chi connectivity index (χ2v) is 10.0. The molecule has 0 aliphatic carbocycles. The number of aryl methyl sites for hydroxylation is 2. The molecular formula is C22H26NO5PS. The zero-order valence-corrected chi connectivity index (χ0v) is 19.3. The van der Waals surface area contributed by atoms with Gasteiger partial charge in [0.2, 0.25) is 0 Å². The van der Waals surface area contributed by atoms with Gasteiger partial charge in [0.05, 0.1) is 23.8 Å². The van der Waals surface area contributed by atoms with Crippen molar-refractivity contribution in [2.45, 2.75) is 32.6 Å². The van der Waals surface area contributed by atoms with Crippen molar-refractivity contribution >= 4 is 37.0 Å². The van der Waals surface area contributed by atoms with Gasteiger partial charge in [0.15, 0.2) is 0 Å². The molecule has 0 aromatic heterocycles. The van der Waals surface area contributed by atoms with Gasteiger partial charge < -0.3 is 14.2 Å². The smallest absolute Gasteiger partial charge is 0.350 e. The van der Waals surface area contributed by atoms with E-state index in [0.717, 1.165) is 21.6 Å². The monoisotopic (exact) mass is 447 g/mol. The molecule has 0 saturated carbocycles. The van der Waals surface area contributed by atoms with Crippen molar-refractivity contribution in [2.24, 2.45) is 0 Å². The summed E-state index contributed by atoms with van der Waals surface area (Å²) in [6.07, 6.45) is 1.64. The minimum absolute atomic E-state index is 0.157. The number of nitrogens with zero attached hydrogens (tertiary/aromatic N) is 1. The van der Waals surface area contributed by atoms with Crippen LogP contribution in [0.5, 0.6) is 5.75 Å². The summed E-state index contributed by atoms with van der Waals surface area (Å²) in [4.78, 5) is 16.2. The zero-order chi connectivity index (χ0) is 21.9. The van der Waals surface area contributed by atoms with Crippen LogP contribution < -0.4 is 4.90 Å². The van der Waals surface area contributed by atoms with Crippen LogP contribution in [0.4, 0.5) is 5.69 Å². The van der Waals surface area contributed by atoms with E-state index >= 15 is 0 Å². The van der Waals surface area contributed by atoms with Gasteiger partial charge in [-0.25, -0.2) is 0 Å². The first kappa shape index (κ1) is 22.6. The number of thioether (sulfide) groups is 1. The van der Waals surface area contributed by atoms with Crippen molar-refractivity contribution in [3.8, 4) is 5.75 Å². The average Bonchev–Trinajstić information content (AvgIpc) is 2.69. The lowest BCUT2D eigenvalue weighted by Crippen LogP contribution is -2.35. The van der Waals surface area contributed by atoms with E-state index in [2.05, 4.69) is 0 Å². The Morgan fingerprint density at radius 1 is 1.10 bits per heavy atom. The number of amides is 1. The summed E-state index contributed by atoms with van der Waals surface area (Å²) < 4.78 is 24.0. The van der Waals surface area contributed by atoms with Crippen LogP contribution in [0.2, 0.25) is 0 Å². The Labute approximate surface area is 181 Å². The maximum absolute atomic E-state index is 13.4. The van der Waals surface area contributed by atoms with E-state index < -0.39 is 7.60 Å². The van der Waals surface area contributed by atoms with Crippen LogP contribution in [0, 0.1) is 13.8 Å². The quantitative estimate of drug-likeness (QED) is 0.433. The number of phenols is 1. The summed E-state index contributed by atoms with van der Waals surface area (Å²) in [6.45, 7) is 7.59. The third-order valence-electron chi connectivity index (χ3n) is 4.61. The van der Waals surface area contributed by atoms with Crippen LogP contribution in [0.3, 0.4) is 0 Å². The van der Waals surface area contributed by atoms with E-state index in [1.54, 1.807) is 19.9 Å². The summed E-state index contributed by atoms with van der Waals surface area (Å²) >= 11 is 1.37. The third-order valence-corrected chi connectivity index (χ3v) is 7.62. The highest BCUT2D eigenvalue weighted by atomic mass is 32.2. The van der Waals surface area contributed by atoms with E-state index in [0.29, 0.717) is 10.6 Å². The number of benzene rings is 2. The molecule has 0 bridgehead atoms. The number of hydrogen-bond donors (Lipinski definition) is 1. The largest absolute Gasteiger partial charge is 0.507 e. The predicted octanol–water partition coefficient (Wildman–Crippen LogP) is 5.71. The fourth-order valence-corrected chi connectivity index (χ4v) is 6.02. The van der Waals surface area contributed by atoms with Gasteiger partial charge in [-0.05, 0) is 74.7 Å². The molecule has 0 saturated heterocycles. The fraction of sp³-hybridized carbons (Fsp3) is 0.318. The summed E-state index contributed by atoms with van der Waals surface area (Å²) in [7, 11) is -3.48. The highest BCUT2D eigenvalue weighted by molar-refractivity contribution is 8.04. The van der Waals surface area contributed by atoms with Crippen LogP contribution in [-0.4, -0.2) is 30.5 Å². The van der Waals surface area contributed by atoms with Crippen LogP contribution >= 0.6 is 19.4 Å². The Kier molecular flexibility index (Phi) is 7.09. The molecule has 0 unspecified atom stereocenters. The van der Waals surface area contributed by atoms with Gasteiger partial charge in [0, 0.05) is 4.90 Å². The first-order chi connectivity index (χ1) is 14.3. The second kappa shape index (κ2) is 9.40. The van der Waals surface area contributed by atoms with Gasteiger partial charge in [-0.15, -0.1) is 0 Å². The lowest BCUT2D eigenvalue weighted by Gasteiger charge is -2.32. The predicted molar refractivity (Wildman–Crippen MR) is 121 cm³/mol. The Morgan fingerprint density at radius 2 is 1.70 bits per heavy atom. The number of aromatic hydroxyl groups is 1. The molecule has 0 radical (unpaired) electrons. The highest BCUT2D eigenvalue weighted by Gasteiger charge is 2.36. The second-order valence-electron chi connectivity index (χ2n) is 6.90. The molecule has 0 spiro atoms. The van der Waals surface area contributed by atoms with E-state index in [1.165, 1.54) is 16.7 Å². The summed E-state index contributed by atoms with van der Waals surface area (Å²) in [6, 6.07) is 11.2. The zero-order valence-electron chi connectivity index (χ0n) is 17.5. The van der Waals surface area contributed by atoms with Crippen molar-refractivity contribution in [3.63, 3.8) is 0 Å². The molecule has 1 aliphatic rings. The lowest BCUT2D eigenvalue weighted by molar-refractivity contribution is -0.114. The molecule has 1 aliphatic heterocycles. The lowest BCUT2D eigenvalue weighted by atomic mass is 10.1. The van der Waals surface area contributed by atoms with Crippen molar-refractivity contribution in [1.82, 2.24) is 0 Å². The van der Waals surface area contributed by atoms with Crippen LogP contribution in [-0.2, 0) is 18.4 Å². The summed E-state index contributed by atoms with van der Waals surface area (Å²) in [5, 5.41) is 10.0. The Balaban J connectivity index is 2.03. The maximum Gasteiger partial charge on any atom is 0.350 e. The first-order valence-electron chi connectivity index (χ1n) is 9.76. The minimum Gasteiger partial charge on any atom is -0.507 e. The number of carbonyl (C=O) groups excluding carboxylic acids is 1. The topological polar surface area (TPSA) is 76.1 Å². The van der Waals surface area contributed by atoms with Crippen LogP contribution in [0.25, 0.3) is 6.08 Å². The normalized spacial score (nSPS) is 15.5. The van der Waals surface area contributed by atoms with E-state index in [1.807, 2.05) is 50.2 Å². The molecule has 0 fully saturated rings. The molecule has 1 amide bonds. The molecule has 6 nitrogen and oxygen atoms in total. The summed E-state index contributed by atoms with van der Waals surface area (Å²) in [5.41, 5.74) is 2.98. The molecule has 1 N–H and O–H groups in total. The number of carbonyl (C=O) groups is 1. The molecule has 2 aromatic carbocycles. The van der Waals surface area contributed by atoms with Gasteiger partial charge in [-0.1, -0.05) is 23.9 Å². The number of anilines is 1. The number of rotatable bonds is 7. The summed E-state index contributed by atoms with van der Waals surface area (Å²) in [5.74, 6) is -0.0113. The molecule has 160 valence electrons. The van der Waals surface area contributed by atoms with Gasteiger partial charge in [-0.3, -0.25) is 14.3 Å². The number of para-hydroxylation sites is 1. The van der Waals surface area contributed by atoms with Gasteiger partial charge >= 0.3 is 7.60 Å². The Morgan fingerprint density at radius 3 is 2.30 bits per heavy atom. The van der Waals surface area contributed by atoms with E-state index in [4.69, 9.17) is 9.05 Å². The van der Waals surface area contributed by atoms with Crippen LogP contribution in [0.15, 0.2) is 46.2 Å². The van der Waals surface area contributed by atoms with Crippen molar-refractivity contribution < 1.29 is 23.5 Å². The highest BCUT2D eigenvalue weighted by Crippen LogP contribution is 2.52. The van der Waals surface area contributed by atoms with Gasteiger partial charge in [0.25, 0.3) is 5.91 Å². The Bertz CT molecular complexity index is 1000. The average molecular weight is 447 g/mol. The van der Waals surface area contributed by atoms with Crippen molar-refractivity contribution in [2.75, 3.05) is 24.4 Å².